The molecule has 0 heterocycles. The van der Waals surface area contributed by atoms with E-state index in [0.29, 0.717) is 0 Å². The van der Waals surface area contributed by atoms with Gasteiger partial charge in [0.05, 0.1) is 54.9 Å². The molecule has 0 aliphatic carbocycles. The van der Waals surface area contributed by atoms with Crippen LogP contribution in [0, 0.1) is 0 Å². The summed E-state index contributed by atoms with van der Waals surface area (Å²) in [6, 6.07) is 0. The first-order chi connectivity index (χ1) is 20.0. The number of hydrogen-bond acceptors (Lipinski definition) is 2. The number of quaternary nitrogens is 3. The second-order valence-corrected chi connectivity index (χ2v) is 15.4. The van der Waals surface area contributed by atoms with Crippen molar-refractivity contribution in [2.75, 3.05) is 81.1 Å². The van der Waals surface area contributed by atoms with Gasteiger partial charge in [-0.15, -0.1) is 0 Å². The molecule has 0 aromatic rings. The monoisotopic (exact) mass is 598 g/mol. The molecule has 0 aliphatic heterocycles. The van der Waals surface area contributed by atoms with Crippen LogP contribution in [0.4, 0.5) is 0 Å². The number of nitrogens with zero attached hydrogens (tertiary/aromatic N) is 3. The summed E-state index contributed by atoms with van der Waals surface area (Å²) in [5, 5.41) is 11.1. The molecule has 0 bridgehead atoms. The van der Waals surface area contributed by atoms with Crippen LogP contribution in [-0.4, -0.2) is 100 Å². The molecule has 5 heteroatoms. The number of carboxylic acids is 1. The van der Waals surface area contributed by atoms with Crippen molar-refractivity contribution in [1.29, 1.82) is 0 Å². The van der Waals surface area contributed by atoms with Gasteiger partial charge in [-0.2, -0.15) is 0 Å². The van der Waals surface area contributed by atoms with E-state index in [9.17, 15) is 9.90 Å². The Morgan fingerprint density at radius 1 is 0.405 bits per heavy atom. The highest BCUT2D eigenvalue weighted by molar-refractivity contribution is 5.64. The summed E-state index contributed by atoms with van der Waals surface area (Å²) in [6.45, 7) is 12.6. The molecular weight excluding hydrogens is 518 g/mol. The van der Waals surface area contributed by atoms with Gasteiger partial charge >= 0.3 is 0 Å². The van der Waals surface area contributed by atoms with Gasteiger partial charge in [0.25, 0.3) is 0 Å². The molecule has 42 heavy (non-hydrogen) atoms. The van der Waals surface area contributed by atoms with Gasteiger partial charge in [0, 0.05) is 12.4 Å². The number of rotatable bonds is 32. The van der Waals surface area contributed by atoms with E-state index >= 15 is 0 Å². The van der Waals surface area contributed by atoms with E-state index in [1.54, 1.807) is 0 Å². The Balaban J connectivity index is 4.44. The summed E-state index contributed by atoms with van der Waals surface area (Å²) in [5.41, 5.74) is 0. The quantitative estimate of drug-likeness (QED) is 0.0583. The van der Waals surface area contributed by atoms with E-state index in [0.717, 1.165) is 52.6 Å². The van der Waals surface area contributed by atoms with Crippen LogP contribution < -0.4 is 5.11 Å². The van der Waals surface area contributed by atoms with E-state index in [1.165, 1.54) is 142 Å². The number of unbranched alkanes of at least 4 members (excludes halogenated alkanes) is 18. The highest BCUT2D eigenvalue weighted by Gasteiger charge is 2.29. The second kappa shape index (κ2) is 25.7. The molecule has 0 unspecified atom stereocenters. The van der Waals surface area contributed by atoms with Crippen molar-refractivity contribution in [2.24, 2.45) is 0 Å². The normalized spacial score (nSPS) is 12.7. The molecular formula is C37H79N3O2+2. The first-order valence-electron chi connectivity index (χ1n) is 18.6. The highest BCUT2D eigenvalue weighted by Crippen LogP contribution is 2.15. The molecule has 0 aromatic heterocycles. The standard InChI is InChI=1S/C37H79N3O2/c1-8-10-12-14-16-18-20-22-24-26-30-38(3,4)33-35-40(7,32-28-29-37(41)42)36-34-39(5,6)31-27-25-23-21-19-17-15-13-11-9-2/h8-36H2,1-7H3/q+2. The smallest absolute Gasteiger partial charge is 0.128 e. The molecule has 252 valence electrons. The van der Waals surface area contributed by atoms with Crippen molar-refractivity contribution in [3.8, 4) is 0 Å². The van der Waals surface area contributed by atoms with Gasteiger partial charge in [-0.25, -0.2) is 0 Å². The molecule has 0 saturated carbocycles. The number of carboxylic acid groups (broad SMARTS) is 1. The first-order valence-corrected chi connectivity index (χ1v) is 18.6. The minimum absolute atomic E-state index is 0.182. The average Bonchev–Trinajstić information content (AvgIpc) is 2.93. The Bertz CT molecular complexity index is 580. The predicted octanol–water partition coefficient (Wildman–Crippen LogP) is 7.96. The number of carbonyl (C=O) groups excluding carboxylic acids is 1. The van der Waals surface area contributed by atoms with Crippen LogP contribution in [0.3, 0.4) is 0 Å². The Labute approximate surface area is 265 Å². The predicted molar refractivity (Wildman–Crippen MR) is 182 cm³/mol. The van der Waals surface area contributed by atoms with E-state index < -0.39 is 5.97 Å². The van der Waals surface area contributed by atoms with Crippen LogP contribution in [0.1, 0.15) is 155 Å². The SMILES string of the molecule is CCCCCCCCCCCC[N+](C)(C)CC[N+](C)(CCCC(=O)[O-])CC[N+](C)(C)CCCCCCCCCCCC. The Morgan fingerprint density at radius 3 is 1.02 bits per heavy atom. The van der Waals surface area contributed by atoms with Crippen LogP contribution in [0.2, 0.25) is 0 Å². The topological polar surface area (TPSA) is 40.1 Å². The molecule has 0 radical (unpaired) electrons. The molecule has 0 saturated heterocycles. The maximum absolute atomic E-state index is 11.1. The molecule has 0 atom stereocenters. The van der Waals surface area contributed by atoms with E-state index in [4.69, 9.17) is 0 Å². The molecule has 0 aliphatic rings. The summed E-state index contributed by atoms with van der Waals surface area (Å²) in [5.74, 6) is -0.907. The third-order valence-corrected chi connectivity index (χ3v) is 9.80. The Hall–Kier alpha value is -0.650. The van der Waals surface area contributed by atoms with Crippen LogP contribution in [-0.2, 0) is 4.79 Å². The maximum Gasteiger partial charge on any atom is 0.128 e. The number of aliphatic carboxylic acids is 1. The van der Waals surface area contributed by atoms with Crippen molar-refractivity contribution in [3.05, 3.63) is 0 Å². The highest BCUT2D eigenvalue weighted by atomic mass is 16.4. The van der Waals surface area contributed by atoms with Gasteiger partial charge in [-0.1, -0.05) is 117 Å². The second-order valence-electron chi connectivity index (χ2n) is 15.4. The number of hydrogen-bond donors (Lipinski definition) is 0. The summed E-state index contributed by atoms with van der Waals surface area (Å²) in [6.07, 6.45) is 28.7. The van der Waals surface area contributed by atoms with Crippen molar-refractivity contribution in [3.63, 3.8) is 0 Å². The van der Waals surface area contributed by atoms with Gasteiger partial charge in [-0.05, 0) is 32.1 Å². The van der Waals surface area contributed by atoms with Crippen molar-refractivity contribution < 1.29 is 23.4 Å². The summed E-state index contributed by atoms with van der Waals surface area (Å²) in [7, 11) is 11.9. The van der Waals surface area contributed by atoms with Crippen LogP contribution in [0.5, 0.6) is 0 Å². The lowest BCUT2D eigenvalue weighted by molar-refractivity contribution is -0.977. The van der Waals surface area contributed by atoms with E-state index in [2.05, 4.69) is 49.1 Å². The molecule has 0 spiro atoms. The molecule has 0 fully saturated rings. The van der Waals surface area contributed by atoms with Crippen LogP contribution in [0.25, 0.3) is 0 Å². The molecule has 0 N–H and O–H groups in total. The fraction of sp³-hybridized carbons (Fsp3) is 0.973. The largest absolute Gasteiger partial charge is 0.550 e. The minimum Gasteiger partial charge on any atom is -0.550 e. The summed E-state index contributed by atoms with van der Waals surface area (Å²) >= 11 is 0. The fourth-order valence-corrected chi connectivity index (χ4v) is 6.24. The Morgan fingerprint density at radius 2 is 0.714 bits per heavy atom. The third-order valence-electron chi connectivity index (χ3n) is 9.80. The minimum atomic E-state index is -0.907. The number of carbonyl (C=O) groups is 1. The third kappa shape index (κ3) is 26.9. The van der Waals surface area contributed by atoms with E-state index in [-0.39, 0.29) is 6.42 Å². The average molecular weight is 598 g/mol. The van der Waals surface area contributed by atoms with Crippen molar-refractivity contribution in [1.82, 2.24) is 0 Å². The summed E-state index contributed by atoms with van der Waals surface area (Å²) < 4.78 is 3.12. The Kier molecular flexibility index (Phi) is 25.3. The van der Waals surface area contributed by atoms with Crippen LogP contribution >= 0.6 is 0 Å². The molecule has 5 nitrogen and oxygen atoms in total. The molecule has 0 amide bonds. The van der Waals surface area contributed by atoms with Crippen LogP contribution in [0.15, 0.2) is 0 Å². The lowest BCUT2D eigenvalue weighted by Gasteiger charge is -2.40. The van der Waals surface area contributed by atoms with Crippen molar-refractivity contribution in [2.45, 2.75) is 155 Å². The first kappa shape index (κ1) is 41.4. The lowest BCUT2D eigenvalue weighted by atomic mass is 10.1. The molecule has 0 rings (SSSR count). The fourth-order valence-electron chi connectivity index (χ4n) is 6.24. The zero-order valence-electron chi connectivity index (χ0n) is 30.2. The van der Waals surface area contributed by atoms with E-state index in [1.807, 2.05) is 0 Å². The summed E-state index contributed by atoms with van der Waals surface area (Å²) in [4.78, 5) is 11.1. The van der Waals surface area contributed by atoms with Gasteiger partial charge in [0.2, 0.25) is 0 Å². The number of likely N-dealkylation sites (N-methyl/N-ethyl adjacent to an activating group) is 3. The maximum atomic E-state index is 11.1. The zero-order chi connectivity index (χ0) is 31.6. The van der Waals surface area contributed by atoms with Gasteiger partial charge in [0.15, 0.2) is 0 Å². The van der Waals surface area contributed by atoms with Gasteiger partial charge < -0.3 is 23.4 Å². The zero-order valence-corrected chi connectivity index (χ0v) is 30.2. The van der Waals surface area contributed by atoms with Gasteiger partial charge in [-0.3, -0.25) is 0 Å². The van der Waals surface area contributed by atoms with Crippen molar-refractivity contribution >= 4 is 5.97 Å². The van der Waals surface area contributed by atoms with Gasteiger partial charge in [0.1, 0.15) is 26.2 Å². The lowest BCUT2D eigenvalue weighted by Crippen LogP contribution is -2.57. The molecule has 0 aromatic carbocycles.